The van der Waals surface area contributed by atoms with E-state index in [1.165, 1.54) is 5.69 Å². The number of benzene rings is 2. The molecule has 0 bridgehead atoms. The lowest BCUT2D eigenvalue weighted by molar-refractivity contribution is 0.747. The zero-order chi connectivity index (χ0) is 13.8. The first-order valence-electron chi connectivity index (χ1n) is 6.99. The molecule has 0 amide bonds. The number of hydrogen-bond acceptors (Lipinski definition) is 3. The van der Waals surface area contributed by atoms with Crippen LogP contribution < -0.4 is 10.2 Å². The summed E-state index contributed by atoms with van der Waals surface area (Å²) < 4.78 is 0. The first-order valence-corrected chi connectivity index (χ1v) is 6.99. The molecule has 0 aliphatic carbocycles. The van der Waals surface area contributed by atoms with Crippen molar-refractivity contribution in [3.05, 3.63) is 54.1 Å². The number of hydrogen-bond donors (Lipinski definition) is 1. The van der Waals surface area contributed by atoms with E-state index in [4.69, 9.17) is 5.26 Å². The molecule has 3 nitrogen and oxygen atoms in total. The second-order valence-electron chi connectivity index (χ2n) is 4.96. The Morgan fingerprint density at radius 3 is 2.85 bits per heavy atom. The molecule has 1 N–H and O–H groups in total. The quantitative estimate of drug-likeness (QED) is 0.848. The third-order valence-corrected chi connectivity index (χ3v) is 3.61. The number of fused-ring (bicyclic) bond motifs is 1. The summed E-state index contributed by atoms with van der Waals surface area (Å²) >= 11 is 0. The minimum Gasteiger partial charge on any atom is -0.383 e. The molecule has 100 valence electrons. The largest absolute Gasteiger partial charge is 0.383 e. The van der Waals surface area contributed by atoms with Crippen molar-refractivity contribution in [3.63, 3.8) is 0 Å². The van der Waals surface area contributed by atoms with Crippen LogP contribution in [0.15, 0.2) is 48.5 Å². The number of para-hydroxylation sites is 2. The zero-order valence-corrected chi connectivity index (χ0v) is 11.3. The maximum Gasteiger partial charge on any atom is 0.0992 e. The first-order chi connectivity index (χ1) is 9.88. The predicted octanol–water partition coefficient (Wildman–Crippen LogP) is 3.90. The molecule has 2 aromatic rings. The summed E-state index contributed by atoms with van der Waals surface area (Å²) in [4.78, 5) is 2.29. The fraction of sp³-hybridized carbons (Fsp3) is 0.235. The van der Waals surface area contributed by atoms with E-state index in [1.54, 1.807) is 0 Å². The Hall–Kier alpha value is -2.47. The van der Waals surface area contributed by atoms with Crippen LogP contribution in [0.25, 0.3) is 0 Å². The van der Waals surface area contributed by atoms with Crippen LogP contribution in [0.2, 0.25) is 0 Å². The Morgan fingerprint density at radius 1 is 1.05 bits per heavy atom. The Kier molecular flexibility index (Phi) is 3.56. The third kappa shape index (κ3) is 2.46. The number of rotatable bonds is 1. The maximum absolute atomic E-state index is 9.08. The van der Waals surface area contributed by atoms with E-state index < -0.39 is 0 Å². The number of nitriles is 1. The first kappa shape index (κ1) is 12.6. The van der Waals surface area contributed by atoms with Crippen LogP contribution in [0.4, 0.5) is 17.1 Å². The van der Waals surface area contributed by atoms with E-state index >= 15 is 0 Å². The van der Waals surface area contributed by atoms with Gasteiger partial charge in [-0.25, -0.2) is 0 Å². The van der Waals surface area contributed by atoms with Crippen LogP contribution in [0.3, 0.4) is 0 Å². The van der Waals surface area contributed by atoms with Gasteiger partial charge < -0.3 is 10.2 Å². The van der Waals surface area contributed by atoms with Crippen LogP contribution in [0.5, 0.6) is 0 Å². The van der Waals surface area contributed by atoms with Crippen LogP contribution in [0.1, 0.15) is 18.4 Å². The second kappa shape index (κ2) is 5.66. The average molecular weight is 263 g/mol. The molecule has 0 radical (unpaired) electrons. The highest BCUT2D eigenvalue weighted by Crippen LogP contribution is 2.33. The second-order valence-corrected chi connectivity index (χ2v) is 4.96. The lowest BCUT2D eigenvalue weighted by Crippen LogP contribution is -2.23. The summed E-state index contributed by atoms with van der Waals surface area (Å²) in [5.41, 5.74) is 4.13. The Morgan fingerprint density at radius 2 is 1.95 bits per heavy atom. The summed E-state index contributed by atoms with van der Waals surface area (Å²) in [5, 5.41) is 12.6. The van der Waals surface area contributed by atoms with Crippen LogP contribution in [0, 0.1) is 11.3 Å². The van der Waals surface area contributed by atoms with Gasteiger partial charge in [0.2, 0.25) is 0 Å². The molecule has 0 atom stereocenters. The van der Waals surface area contributed by atoms with Gasteiger partial charge in [0.15, 0.2) is 0 Å². The van der Waals surface area contributed by atoms with E-state index in [-0.39, 0.29) is 0 Å². The highest BCUT2D eigenvalue weighted by atomic mass is 15.2. The molecule has 0 spiro atoms. The normalized spacial score (nSPS) is 14.4. The third-order valence-electron chi connectivity index (χ3n) is 3.61. The van der Waals surface area contributed by atoms with Crippen molar-refractivity contribution in [2.24, 2.45) is 0 Å². The van der Waals surface area contributed by atoms with Crippen molar-refractivity contribution < 1.29 is 0 Å². The number of anilines is 3. The molecular formula is C17H17N3. The van der Waals surface area contributed by atoms with Crippen molar-refractivity contribution in [1.82, 2.24) is 0 Å². The fourth-order valence-electron chi connectivity index (χ4n) is 2.61. The van der Waals surface area contributed by atoms with Crippen molar-refractivity contribution in [2.45, 2.75) is 12.8 Å². The molecule has 20 heavy (non-hydrogen) atoms. The summed E-state index contributed by atoms with van der Waals surface area (Å²) in [6.45, 7) is 2.00. The minimum absolute atomic E-state index is 0.704. The summed E-state index contributed by atoms with van der Waals surface area (Å²) in [5.74, 6) is 0. The molecule has 0 unspecified atom stereocenters. The standard InChI is InChI=1S/C17H17N3/c18-13-14-6-5-7-15(12-14)20-11-4-3-10-19-16-8-1-2-9-17(16)20/h1-2,5-9,12,19H,3-4,10-11H2. The summed E-state index contributed by atoms with van der Waals surface area (Å²) in [6, 6.07) is 18.4. The smallest absolute Gasteiger partial charge is 0.0992 e. The van der Waals surface area contributed by atoms with Gasteiger partial charge in [0, 0.05) is 18.8 Å². The van der Waals surface area contributed by atoms with Gasteiger partial charge in [-0.2, -0.15) is 5.26 Å². The van der Waals surface area contributed by atoms with E-state index in [2.05, 4.69) is 46.6 Å². The SMILES string of the molecule is N#Cc1cccc(N2CCCCNc3ccccc32)c1. The number of nitrogens with one attached hydrogen (secondary N) is 1. The highest BCUT2D eigenvalue weighted by Gasteiger charge is 2.15. The maximum atomic E-state index is 9.08. The van der Waals surface area contributed by atoms with Gasteiger partial charge in [-0.1, -0.05) is 18.2 Å². The van der Waals surface area contributed by atoms with Crippen LogP contribution in [-0.2, 0) is 0 Å². The molecule has 0 saturated heterocycles. The Bertz CT molecular complexity index is 643. The van der Waals surface area contributed by atoms with Gasteiger partial charge in [-0.05, 0) is 43.2 Å². The highest BCUT2D eigenvalue weighted by molar-refractivity contribution is 5.77. The monoisotopic (exact) mass is 263 g/mol. The minimum atomic E-state index is 0.704. The van der Waals surface area contributed by atoms with Gasteiger partial charge in [-0.15, -0.1) is 0 Å². The summed E-state index contributed by atoms with van der Waals surface area (Å²) in [6.07, 6.45) is 2.29. The number of nitrogens with zero attached hydrogens (tertiary/aromatic N) is 2. The molecule has 0 fully saturated rings. The zero-order valence-electron chi connectivity index (χ0n) is 11.3. The Balaban J connectivity index is 2.05. The molecular weight excluding hydrogens is 246 g/mol. The molecule has 1 heterocycles. The molecule has 1 aliphatic rings. The molecule has 2 aromatic carbocycles. The van der Waals surface area contributed by atoms with Crippen molar-refractivity contribution >= 4 is 17.1 Å². The molecule has 3 rings (SSSR count). The van der Waals surface area contributed by atoms with Crippen molar-refractivity contribution in [3.8, 4) is 6.07 Å². The van der Waals surface area contributed by atoms with E-state index in [0.29, 0.717) is 5.56 Å². The van der Waals surface area contributed by atoms with E-state index in [1.807, 2.05) is 18.2 Å². The van der Waals surface area contributed by atoms with Gasteiger partial charge in [-0.3, -0.25) is 0 Å². The molecule has 0 aromatic heterocycles. The average Bonchev–Trinajstić information content (AvgIpc) is 2.48. The Labute approximate surface area is 119 Å². The fourth-order valence-corrected chi connectivity index (χ4v) is 2.61. The predicted molar refractivity (Wildman–Crippen MR) is 82.3 cm³/mol. The van der Waals surface area contributed by atoms with Gasteiger partial charge in [0.1, 0.15) is 0 Å². The van der Waals surface area contributed by atoms with E-state index in [0.717, 1.165) is 37.3 Å². The van der Waals surface area contributed by atoms with Crippen molar-refractivity contribution in [2.75, 3.05) is 23.3 Å². The summed E-state index contributed by atoms with van der Waals surface area (Å²) in [7, 11) is 0. The molecule has 1 aliphatic heterocycles. The topological polar surface area (TPSA) is 39.1 Å². The lowest BCUT2D eigenvalue weighted by Gasteiger charge is -2.29. The van der Waals surface area contributed by atoms with E-state index in [9.17, 15) is 0 Å². The van der Waals surface area contributed by atoms with Gasteiger partial charge in [0.05, 0.1) is 23.0 Å². The van der Waals surface area contributed by atoms with Gasteiger partial charge in [0.25, 0.3) is 0 Å². The molecule has 3 heteroatoms. The lowest BCUT2D eigenvalue weighted by atomic mass is 10.1. The van der Waals surface area contributed by atoms with Crippen LogP contribution in [-0.4, -0.2) is 13.1 Å². The van der Waals surface area contributed by atoms with Crippen LogP contribution >= 0.6 is 0 Å². The molecule has 0 saturated carbocycles. The van der Waals surface area contributed by atoms with Crippen molar-refractivity contribution in [1.29, 1.82) is 5.26 Å². The van der Waals surface area contributed by atoms with Gasteiger partial charge >= 0.3 is 0 Å².